The van der Waals surface area contributed by atoms with Gasteiger partial charge in [-0.15, -0.1) is 11.3 Å². The first-order chi connectivity index (χ1) is 14.1. The number of nitrogens with one attached hydrogen (secondary N) is 1. The van der Waals surface area contributed by atoms with E-state index in [2.05, 4.69) is 39.6 Å². The second-order valence-corrected chi connectivity index (χ2v) is 8.04. The van der Waals surface area contributed by atoms with E-state index >= 15 is 0 Å². The molecule has 1 amide bonds. The summed E-state index contributed by atoms with van der Waals surface area (Å²) >= 11 is 1.41. The molecule has 0 spiro atoms. The van der Waals surface area contributed by atoms with E-state index in [0.717, 1.165) is 40.7 Å². The van der Waals surface area contributed by atoms with Crippen LogP contribution in [0, 0.1) is 13.8 Å². The van der Waals surface area contributed by atoms with Crippen molar-refractivity contribution < 1.29 is 9.21 Å². The Hall–Kier alpha value is -2.99. The fourth-order valence-corrected chi connectivity index (χ4v) is 4.60. The van der Waals surface area contributed by atoms with Crippen LogP contribution in [0.25, 0.3) is 21.8 Å². The van der Waals surface area contributed by atoms with Crippen molar-refractivity contribution >= 4 is 27.5 Å². The van der Waals surface area contributed by atoms with E-state index in [9.17, 15) is 4.79 Å². The number of hydrogen-bond acceptors (Lipinski definition) is 5. The largest absolute Gasteiger partial charge is 0.461 e. The molecule has 148 valence electrons. The second kappa shape index (κ2) is 8.57. The maximum atomic E-state index is 12.7. The van der Waals surface area contributed by atoms with Crippen molar-refractivity contribution in [3.63, 3.8) is 0 Å². The highest BCUT2D eigenvalue weighted by Gasteiger charge is 2.19. The Morgan fingerprint density at radius 2 is 1.90 bits per heavy atom. The lowest BCUT2D eigenvalue weighted by atomic mass is 10.1. The van der Waals surface area contributed by atoms with Gasteiger partial charge in [0, 0.05) is 11.9 Å². The quantitative estimate of drug-likeness (QED) is 0.423. The van der Waals surface area contributed by atoms with Crippen molar-refractivity contribution in [1.29, 1.82) is 0 Å². The van der Waals surface area contributed by atoms with Gasteiger partial charge in [-0.25, -0.2) is 9.97 Å². The Kier molecular flexibility index (Phi) is 5.71. The number of unbranched alkanes of at least 4 members (excludes halogenated alkanes) is 1. The average Bonchev–Trinajstić information content (AvgIpc) is 3.37. The fourth-order valence-electron chi connectivity index (χ4n) is 3.45. The minimum absolute atomic E-state index is 0.0378. The van der Waals surface area contributed by atoms with E-state index in [-0.39, 0.29) is 5.91 Å². The van der Waals surface area contributed by atoms with E-state index in [1.807, 2.05) is 32.0 Å². The predicted octanol–water partition coefficient (Wildman–Crippen LogP) is 5.32. The number of furan rings is 1. The second-order valence-electron chi connectivity index (χ2n) is 7.04. The molecule has 6 heteroatoms. The molecule has 0 aliphatic rings. The summed E-state index contributed by atoms with van der Waals surface area (Å²) in [6.45, 7) is 4.58. The van der Waals surface area contributed by atoms with Crippen LogP contribution in [0.3, 0.4) is 0 Å². The van der Waals surface area contributed by atoms with Crippen LogP contribution in [0.2, 0.25) is 0 Å². The molecule has 0 aliphatic carbocycles. The van der Waals surface area contributed by atoms with Crippen LogP contribution >= 0.6 is 11.3 Å². The molecular formula is C23H23N3O2S. The lowest BCUT2D eigenvalue weighted by Crippen LogP contribution is -2.24. The van der Waals surface area contributed by atoms with Gasteiger partial charge < -0.3 is 9.73 Å². The molecule has 29 heavy (non-hydrogen) atoms. The third-order valence-corrected chi connectivity index (χ3v) is 6.12. The van der Waals surface area contributed by atoms with Crippen molar-refractivity contribution in [2.75, 3.05) is 6.54 Å². The minimum Gasteiger partial charge on any atom is -0.461 e. The number of aromatic nitrogens is 2. The van der Waals surface area contributed by atoms with Gasteiger partial charge in [-0.3, -0.25) is 4.79 Å². The SMILES string of the molecule is Cc1nc(-c2ccco2)nc2sc(C(=O)NCCCCc3ccccc3)c(C)c12. The van der Waals surface area contributed by atoms with Crippen LogP contribution in [0.15, 0.2) is 53.1 Å². The average molecular weight is 406 g/mol. The standard InChI is InChI=1S/C23H23N3O2S/c1-15-19-16(2)25-21(18-12-8-14-28-18)26-23(19)29-20(15)22(27)24-13-7-6-11-17-9-4-3-5-10-17/h3-5,8-10,12,14H,6-7,11,13H2,1-2H3,(H,24,27). The van der Waals surface area contributed by atoms with Crippen LogP contribution < -0.4 is 5.32 Å². The highest BCUT2D eigenvalue weighted by Crippen LogP contribution is 2.32. The number of amides is 1. The fraction of sp³-hybridized carbons (Fsp3) is 0.261. The summed E-state index contributed by atoms with van der Waals surface area (Å²) in [5.74, 6) is 1.14. The van der Waals surface area contributed by atoms with Crippen molar-refractivity contribution in [2.24, 2.45) is 0 Å². The van der Waals surface area contributed by atoms with Gasteiger partial charge in [0.15, 0.2) is 11.6 Å². The Labute approximate surface area is 173 Å². The molecule has 0 radical (unpaired) electrons. The summed E-state index contributed by atoms with van der Waals surface area (Å²) in [6.07, 6.45) is 4.64. The molecule has 0 saturated heterocycles. The van der Waals surface area contributed by atoms with Crippen LogP contribution in [0.5, 0.6) is 0 Å². The van der Waals surface area contributed by atoms with Gasteiger partial charge in [-0.1, -0.05) is 30.3 Å². The van der Waals surface area contributed by atoms with Gasteiger partial charge in [-0.05, 0) is 56.4 Å². The molecule has 4 aromatic rings. The normalized spacial score (nSPS) is 11.1. The number of benzene rings is 1. The monoisotopic (exact) mass is 405 g/mol. The molecular weight excluding hydrogens is 382 g/mol. The molecule has 1 aromatic carbocycles. The van der Waals surface area contributed by atoms with Crippen molar-refractivity contribution in [2.45, 2.75) is 33.1 Å². The van der Waals surface area contributed by atoms with E-state index in [0.29, 0.717) is 23.0 Å². The Bertz CT molecular complexity index is 1120. The number of nitrogens with zero attached hydrogens (tertiary/aromatic N) is 2. The summed E-state index contributed by atoms with van der Waals surface area (Å²) in [5, 5.41) is 4.01. The molecule has 3 heterocycles. The van der Waals surface area contributed by atoms with Gasteiger partial charge >= 0.3 is 0 Å². The zero-order valence-electron chi connectivity index (χ0n) is 16.6. The van der Waals surface area contributed by atoms with Crippen molar-refractivity contribution in [3.05, 3.63) is 70.4 Å². The molecule has 0 saturated carbocycles. The van der Waals surface area contributed by atoms with Gasteiger partial charge in [0.2, 0.25) is 0 Å². The van der Waals surface area contributed by atoms with Crippen LogP contribution in [-0.2, 0) is 6.42 Å². The zero-order valence-corrected chi connectivity index (χ0v) is 17.4. The van der Waals surface area contributed by atoms with E-state index in [1.54, 1.807) is 6.26 Å². The lowest BCUT2D eigenvalue weighted by molar-refractivity contribution is 0.0956. The molecule has 0 fully saturated rings. The van der Waals surface area contributed by atoms with Crippen molar-refractivity contribution in [1.82, 2.24) is 15.3 Å². The number of carbonyl (C=O) groups excluding carboxylic acids is 1. The van der Waals surface area contributed by atoms with Crippen LogP contribution in [-0.4, -0.2) is 22.4 Å². The molecule has 3 aromatic heterocycles. The van der Waals surface area contributed by atoms with Gasteiger partial charge in [0.25, 0.3) is 5.91 Å². The molecule has 0 aliphatic heterocycles. The summed E-state index contributed by atoms with van der Waals surface area (Å²) < 4.78 is 5.42. The van der Waals surface area contributed by atoms with E-state index < -0.39 is 0 Å². The predicted molar refractivity (Wildman–Crippen MR) is 116 cm³/mol. The molecule has 0 atom stereocenters. The zero-order chi connectivity index (χ0) is 20.2. The number of fused-ring (bicyclic) bond motifs is 1. The van der Waals surface area contributed by atoms with Gasteiger partial charge in [0.1, 0.15) is 4.83 Å². The number of rotatable bonds is 7. The minimum atomic E-state index is -0.0378. The first kappa shape index (κ1) is 19.3. The first-order valence-electron chi connectivity index (χ1n) is 9.77. The smallest absolute Gasteiger partial charge is 0.261 e. The highest BCUT2D eigenvalue weighted by molar-refractivity contribution is 7.20. The van der Waals surface area contributed by atoms with E-state index in [1.165, 1.54) is 16.9 Å². The number of thiophene rings is 1. The van der Waals surface area contributed by atoms with Crippen LogP contribution in [0.4, 0.5) is 0 Å². The Morgan fingerprint density at radius 1 is 1.07 bits per heavy atom. The van der Waals surface area contributed by atoms with E-state index in [4.69, 9.17) is 4.42 Å². The maximum Gasteiger partial charge on any atom is 0.261 e. The van der Waals surface area contributed by atoms with Gasteiger partial charge in [-0.2, -0.15) is 0 Å². The highest BCUT2D eigenvalue weighted by atomic mass is 32.1. The summed E-state index contributed by atoms with van der Waals surface area (Å²) in [7, 11) is 0. The molecule has 1 N–H and O–H groups in total. The number of aryl methyl sites for hydroxylation is 3. The number of hydrogen-bond donors (Lipinski definition) is 1. The molecule has 5 nitrogen and oxygen atoms in total. The topological polar surface area (TPSA) is 68.0 Å². The van der Waals surface area contributed by atoms with Crippen molar-refractivity contribution in [3.8, 4) is 11.6 Å². The maximum absolute atomic E-state index is 12.7. The van der Waals surface area contributed by atoms with Crippen LogP contribution in [0.1, 0.15) is 39.3 Å². The third kappa shape index (κ3) is 4.22. The summed E-state index contributed by atoms with van der Waals surface area (Å²) in [4.78, 5) is 23.4. The number of carbonyl (C=O) groups is 1. The van der Waals surface area contributed by atoms with Gasteiger partial charge in [0.05, 0.1) is 16.8 Å². The molecule has 4 rings (SSSR count). The third-order valence-electron chi connectivity index (χ3n) is 4.94. The summed E-state index contributed by atoms with van der Waals surface area (Å²) in [5.41, 5.74) is 3.13. The first-order valence-corrected chi connectivity index (χ1v) is 10.6. The molecule has 0 unspecified atom stereocenters. The Morgan fingerprint density at radius 3 is 2.66 bits per heavy atom. The Balaban J connectivity index is 1.42. The lowest BCUT2D eigenvalue weighted by Gasteiger charge is -2.05. The molecule has 0 bridgehead atoms. The summed E-state index contributed by atoms with van der Waals surface area (Å²) in [6, 6.07) is 14.1.